The van der Waals surface area contributed by atoms with Crippen molar-refractivity contribution in [3.05, 3.63) is 24.8 Å². The summed E-state index contributed by atoms with van der Waals surface area (Å²) >= 11 is 0. The zero-order chi connectivity index (χ0) is 40.0. The van der Waals surface area contributed by atoms with Gasteiger partial charge in [0, 0.05) is 12.8 Å². The van der Waals surface area contributed by atoms with Gasteiger partial charge in [0.25, 0.3) is 0 Å². The standard InChI is InChI=1S/C44H84NO8P/c1-6-8-10-12-14-16-18-20-22-24-26-28-30-32-34-36-43(46)50-40-42(41-52-54(48,49)51-39-38-45(3,4)5)53-44(47)37-35-33-31-29-27-25-23-21-19-17-15-13-11-9-7-2/h7,24,26,42H,2,6,8-23,25,27-41H2,1,3-5H3/p+1/b26-24+/t42-/m1/s1. The molecule has 318 valence electrons. The fourth-order valence-electron chi connectivity index (χ4n) is 6.11. The van der Waals surface area contributed by atoms with Crippen LogP contribution >= 0.6 is 7.82 Å². The van der Waals surface area contributed by atoms with Crippen molar-refractivity contribution >= 4 is 19.8 Å². The van der Waals surface area contributed by atoms with Crippen molar-refractivity contribution in [2.75, 3.05) is 47.5 Å². The van der Waals surface area contributed by atoms with Gasteiger partial charge < -0.3 is 18.9 Å². The molecule has 0 aliphatic heterocycles. The van der Waals surface area contributed by atoms with Crippen molar-refractivity contribution in [3.8, 4) is 0 Å². The van der Waals surface area contributed by atoms with Crippen LogP contribution in [0.1, 0.15) is 193 Å². The third-order valence-electron chi connectivity index (χ3n) is 9.60. The van der Waals surface area contributed by atoms with Crippen molar-refractivity contribution in [1.29, 1.82) is 0 Å². The second-order valence-corrected chi connectivity index (χ2v) is 17.6. The van der Waals surface area contributed by atoms with E-state index in [1.807, 2.05) is 27.2 Å². The molecule has 0 aromatic carbocycles. The molecule has 54 heavy (non-hydrogen) atoms. The smallest absolute Gasteiger partial charge is 0.462 e. The molecule has 0 aliphatic rings. The van der Waals surface area contributed by atoms with Crippen LogP contribution in [0.4, 0.5) is 0 Å². The molecule has 0 saturated heterocycles. The van der Waals surface area contributed by atoms with Crippen LogP contribution in [0, 0.1) is 0 Å². The van der Waals surface area contributed by atoms with Crippen LogP contribution in [-0.4, -0.2) is 74.9 Å². The van der Waals surface area contributed by atoms with Crippen molar-refractivity contribution in [3.63, 3.8) is 0 Å². The number of carbonyl (C=O) groups is 2. The number of likely N-dealkylation sites (N-methyl/N-ethyl adjacent to an activating group) is 1. The number of phosphoric ester groups is 1. The highest BCUT2D eigenvalue weighted by molar-refractivity contribution is 7.47. The number of rotatable bonds is 41. The van der Waals surface area contributed by atoms with Gasteiger partial charge in [0.2, 0.25) is 0 Å². The molecule has 10 heteroatoms. The maximum Gasteiger partial charge on any atom is 0.472 e. The van der Waals surface area contributed by atoms with Gasteiger partial charge in [-0.25, -0.2) is 4.57 Å². The predicted molar refractivity (Wildman–Crippen MR) is 224 cm³/mol. The van der Waals surface area contributed by atoms with Crippen molar-refractivity contribution in [1.82, 2.24) is 0 Å². The van der Waals surface area contributed by atoms with E-state index >= 15 is 0 Å². The van der Waals surface area contributed by atoms with Crippen molar-refractivity contribution < 1.29 is 42.1 Å². The number of unbranched alkanes of at least 4 members (excludes halogenated alkanes) is 24. The van der Waals surface area contributed by atoms with E-state index in [2.05, 4.69) is 25.7 Å². The molecule has 0 radical (unpaired) electrons. The lowest BCUT2D eigenvalue weighted by Gasteiger charge is -2.24. The van der Waals surface area contributed by atoms with Gasteiger partial charge in [-0.05, 0) is 51.4 Å². The number of hydrogen-bond acceptors (Lipinski definition) is 7. The first kappa shape index (κ1) is 52.5. The lowest BCUT2D eigenvalue weighted by Crippen LogP contribution is -2.37. The molecular weight excluding hydrogens is 701 g/mol. The lowest BCUT2D eigenvalue weighted by molar-refractivity contribution is -0.870. The van der Waals surface area contributed by atoms with Gasteiger partial charge in [0.05, 0.1) is 27.7 Å². The molecule has 9 nitrogen and oxygen atoms in total. The average molecular weight is 787 g/mol. The summed E-state index contributed by atoms with van der Waals surface area (Å²) in [6.45, 7) is 5.93. The van der Waals surface area contributed by atoms with Crippen molar-refractivity contribution in [2.45, 2.75) is 199 Å². The van der Waals surface area contributed by atoms with Gasteiger partial charge in [-0.15, -0.1) is 6.58 Å². The number of hydrogen-bond donors (Lipinski definition) is 1. The maximum absolute atomic E-state index is 12.7. The Kier molecular flexibility index (Phi) is 36.1. The Hall–Kier alpha value is -1.51. The van der Waals surface area contributed by atoms with Gasteiger partial charge >= 0.3 is 19.8 Å². The van der Waals surface area contributed by atoms with Crippen molar-refractivity contribution in [2.24, 2.45) is 0 Å². The van der Waals surface area contributed by atoms with Gasteiger partial charge in [-0.2, -0.15) is 0 Å². The normalized spacial score (nSPS) is 13.6. The SMILES string of the molecule is C=CCCCCCCCCCCCCCCCC(=O)O[C@H](COC(=O)CCCCC/C=C/CCCCCCCCCC)COP(=O)(O)OCC[N+](C)(C)C. The molecule has 0 saturated carbocycles. The van der Waals surface area contributed by atoms with Crippen LogP contribution in [0.5, 0.6) is 0 Å². The van der Waals surface area contributed by atoms with Crippen LogP contribution < -0.4 is 0 Å². The van der Waals surface area contributed by atoms with E-state index in [1.54, 1.807) is 0 Å². The second-order valence-electron chi connectivity index (χ2n) is 16.2. The highest BCUT2D eigenvalue weighted by Crippen LogP contribution is 2.43. The Morgan fingerprint density at radius 3 is 1.52 bits per heavy atom. The lowest BCUT2D eigenvalue weighted by atomic mass is 10.0. The highest BCUT2D eigenvalue weighted by atomic mass is 31.2. The fourth-order valence-corrected chi connectivity index (χ4v) is 6.85. The van der Waals surface area contributed by atoms with E-state index in [9.17, 15) is 19.0 Å². The molecule has 0 fully saturated rings. The molecular formula is C44H85NO8P+. The van der Waals surface area contributed by atoms with Crippen LogP contribution in [0.3, 0.4) is 0 Å². The molecule has 0 rings (SSSR count). The molecule has 0 aliphatic carbocycles. The summed E-state index contributed by atoms with van der Waals surface area (Å²) in [5.41, 5.74) is 0. The first-order valence-electron chi connectivity index (χ1n) is 22.0. The predicted octanol–water partition coefficient (Wildman–Crippen LogP) is 12.4. The minimum Gasteiger partial charge on any atom is -0.462 e. The number of phosphoric acid groups is 1. The van der Waals surface area contributed by atoms with Crippen LogP contribution in [0.2, 0.25) is 0 Å². The van der Waals surface area contributed by atoms with Gasteiger partial charge in [-0.1, -0.05) is 147 Å². The molecule has 0 aromatic heterocycles. The monoisotopic (exact) mass is 787 g/mol. The Balaban J connectivity index is 4.35. The number of nitrogens with zero attached hydrogens (tertiary/aromatic N) is 1. The number of quaternary nitrogens is 1. The summed E-state index contributed by atoms with van der Waals surface area (Å²) in [7, 11) is 1.47. The molecule has 2 atom stereocenters. The summed E-state index contributed by atoms with van der Waals surface area (Å²) in [6.07, 6.45) is 38.3. The van der Waals surface area contributed by atoms with E-state index in [-0.39, 0.29) is 32.0 Å². The summed E-state index contributed by atoms with van der Waals surface area (Å²) in [5, 5.41) is 0. The maximum atomic E-state index is 12.7. The van der Waals surface area contributed by atoms with Gasteiger partial charge in [0.15, 0.2) is 6.10 Å². The van der Waals surface area contributed by atoms with Crippen LogP contribution in [0.25, 0.3) is 0 Å². The first-order chi connectivity index (χ1) is 26.0. The molecule has 0 bridgehead atoms. The summed E-state index contributed by atoms with van der Waals surface area (Å²) < 4.78 is 34.3. The average Bonchev–Trinajstić information content (AvgIpc) is 3.12. The topological polar surface area (TPSA) is 108 Å². The molecule has 1 N–H and O–H groups in total. The van der Waals surface area contributed by atoms with E-state index < -0.39 is 26.5 Å². The molecule has 1 unspecified atom stereocenters. The largest absolute Gasteiger partial charge is 0.472 e. The second kappa shape index (κ2) is 37.1. The third-order valence-corrected chi connectivity index (χ3v) is 10.6. The highest BCUT2D eigenvalue weighted by Gasteiger charge is 2.27. The zero-order valence-corrected chi connectivity index (χ0v) is 36.4. The Bertz CT molecular complexity index is 967. The molecule has 0 spiro atoms. The first-order valence-corrected chi connectivity index (χ1v) is 23.5. The number of ether oxygens (including phenoxy) is 2. The quantitative estimate of drug-likeness (QED) is 0.0215. The van der Waals surface area contributed by atoms with E-state index in [1.165, 1.54) is 116 Å². The number of allylic oxidation sites excluding steroid dienone is 3. The minimum atomic E-state index is -4.37. The van der Waals surface area contributed by atoms with Gasteiger partial charge in [0.1, 0.15) is 19.8 Å². The third kappa shape index (κ3) is 40.2. The number of carbonyl (C=O) groups excluding carboxylic acids is 2. The molecule has 0 heterocycles. The zero-order valence-electron chi connectivity index (χ0n) is 35.6. The minimum absolute atomic E-state index is 0.0302. The summed E-state index contributed by atoms with van der Waals surface area (Å²) in [4.78, 5) is 35.3. The van der Waals surface area contributed by atoms with E-state index in [0.29, 0.717) is 23.9 Å². The number of esters is 2. The van der Waals surface area contributed by atoms with E-state index in [4.69, 9.17) is 18.5 Å². The molecule has 0 aromatic rings. The Labute approximate surface area is 332 Å². The Morgan fingerprint density at radius 1 is 0.611 bits per heavy atom. The molecule has 0 amide bonds. The van der Waals surface area contributed by atoms with Crippen LogP contribution in [0.15, 0.2) is 24.8 Å². The Morgan fingerprint density at radius 2 is 1.04 bits per heavy atom. The fraction of sp³-hybridized carbons (Fsp3) is 0.864. The van der Waals surface area contributed by atoms with Gasteiger partial charge in [-0.3, -0.25) is 18.6 Å². The summed E-state index contributed by atoms with van der Waals surface area (Å²) in [5.74, 6) is -0.815. The van der Waals surface area contributed by atoms with Crippen LogP contribution in [-0.2, 0) is 32.7 Å². The van der Waals surface area contributed by atoms with E-state index in [0.717, 1.165) is 44.9 Å². The summed E-state index contributed by atoms with van der Waals surface area (Å²) in [6, 6.07) is 0.